The second kappa shape index (κ2) is 10.9. The lowest BCUT2D eigenvalue weighted by atomic mass is 10.0. The van der Waals surface area contributed by atoms with E-state index in [4.69, 9.17) is 0 Å². The number of aliphatic hydroxyl groups is 1. The molecule has 1 fully saturated rings. The van der Waals surface area contributed by atoms with Crippen molar-refractivity contribution in [3.63, 3.8) is 0 Å². The third-order valence-corrected chi connectivity index (χ3v) is 5.64. The number of nitrogens with one attached hydrogen (secondary N) is 2. The van der Waals surface area contributed by atoms with Gasteiger partial charge in [-0.1, -0.05) is 30.3 Å². The number of nitrogens with zero attached hydrogens (tertiary/aromatic N) is 2. The molecule has 3 N–H and O–H groups in total. The first-order valence-corrected chi connectivity index (χ1v) is 10.5. The molecule has 1 aliphatic rings. The normalized spacial score (nSPS) is 18.8. The van der Waals surface area contributed by atoms with E-state index in [1.807, 2.05) is 37.3 Å². The van der Waals surface area contributed by atoms with Crippen molar-refractivity contribution in [1.29, 1.82) is 0 Å². The van der Waals surface area contributed by atoms with E-state index in [0.29, 0.717) is 12.8 Å². The Bertz CT molecular complexity index is 798. The van der Waals surface area contributed by atoms with Gasteiger partial charge in [-0.15, -0.1) is 0 Å². The number of aliphatic hydroxyl groups excluding tert-OH is 1. The summed E-state index contributed by atoms with van der Waals surface area (Å²) in [5, 5.41) is 15.3. The van der Waals surface area contributed by atoms with Gasteiger partial charge in [0, 0.05) is 33.0 Å². The van der Waals surface area contributed by atoms with Crippen LogP contribution in [-0.4, -0.2) is 83.4 Å². The van der Waals surface area contributed by atoms with Gasteiger partial charge in [-0.3, -0.25) is 19.2 Å². The summed E-state index contributed by atoms with van der Waals surface area (Å²) in [5.41, 5.74) is 0.835. The largest absolute Gasteiger partial charge is 0.391 e. The minimum Gasteiger partial charge on any atom is -0.391 e. The number of likely N-dealkylation sites (tertiary alicyclic amines) is 1. The lowest BCUT2D eigenvalue weighted by molar-refractivity contribution is -0.152. The molecule has 0 aliphatic carbocycles. The van der Waals surface area contributed by atoms with Crippen LogP contribution in [0.4, 0.5) is 0 Å². The summed E-state index contributed by atoms with van der Waals surface area (Å²) in [4.78, 5) is 53.0. The first kappa shape index (κ1) is 24.3. The molecule has 2 unspecified atom stereocenters. The molecular formula is C22H32N4O5. The maximum Gasteiger partial charge on any atom is 0.248 e. The van der Waals surface area contributed by atoms with Crippen molar-refractivity contribution in [2.75, 3.05) is 20.6 Å². The van der Waals surface area contributed by atoms with Crippen LogP contribution < -0.4 is 10.6 Å². The minimum atomic E-state index is -1.11. The molecule has 9 heteroatoms. The molecule has 1 saturated heterocycles. The predicted molar refractivity (Wildman–Crippen MR) is 115 cm³/mol. The lowest BCUT2D eigenvalue weighted by Gasteiger charge is -2.37. The van der Waals surface area contributed by atoms with Crippen LogP contribution >= 0.6 is 0 Å². The third kappa shape index (κ3) is 6.04. The van der Waals surface area contributed by atoms with Gasteiger partial charge in [0.05, 0.1) is 12.6 Å². The van der Waals surface area contributed by atoms with Crippen molar-refractivity contribution in [2.45, 2.75) is 57.3 Å². The van der Waals surface area contributed by atoms with Crippen LogP contribution in [0.25, 0.3) is 0 Å². The highest BCUT2D eigenvalue weighted by Crippen LogP contribution is 2.24. The molecule has 4 atom stereocenters. The monoisotopic (exact) mass is 432 g/mol. The number of hydrogen-bond donors (Lipinski definition) is 3. The molecule has 1 aliphatic heterocycles. The molecule has 0 aromatic heterocycles. The second-order valence-corrected chi connectivity index (χ2v) is 7.92. The molecule has 170 valence electrons. The van der Waals surface area contributed by atoms with Crippen LogP contribution in [0.15, 0.2) is 30.3 Å². The molecule has 1 heterocycles. The fraction of sp³-hybridized carbons (Fsp3) is 0.545. The molecule has 31 heavy (non-hydrogen) atoms. The molecule has 9 nitrogen and oxygen atoms in total. The highest BCUT2D eigenvalue weighted by atomic mass is 16.3. The Hall–Kier alpha value is -2.94. The van der Waals surface area contributed by atoms with Gasteiger partial charge in [0.2, 0.25) is 23.6 Å². The Kier molecular flexibility index (Phi) is 8.56. The van der Waals surface area contributed by atoms with E-state index >= 15 is 0 Å². The lowest BCUT2D eigenvalue weighted by Crippen LogP contribution is -2.59. The van der Waals surface area contributed by atoms with Crippen molar-refractivity contribution >= 4 is 23.6 Å². The van der Waals surface area contributed by atoms with Crippen molar-refractivity contribution in [1.82, 2.24) is 20.4 Å². The molecule has 1 aromatic carbocycles. The molecule has 0 saturated carbocycles. The number of carbonyl (C=O) groups is 4. The number of hydrogen-bond acceptors (Lipinski definition) is 5. The average Bonchev–Trinajstić information content (AvgIpc) is 3.08. The van der Waals surface area contributed by atoms with E-state index in [2.05, 4.69) is 10.6 Å². The van der Waals surface area contributed by atoms with Crippen LogP contribution in [0.3, 0.4) is 0 Å². The van der Waals surface area contributed by atoms with E-state index in [1.54, 1.807) is 0 Å². The summed E-state index contributed by atoms with van der Waals surface area (Å²) >= 11 is 0. The fourth-order valence-corrected chi connectivity index (χ4v) is 3.81. The minimum absolute atomic E-state index is 0.181. The number of rotatable bonds is 9. The topological polar surface area (TPSA) is 119 Å². The summed E-state index contributed by atoms with van der Waals surface area (Å²) in [6.07, 6.45) is 0.0462. The van der Waals surface area contributed by atoms with Crippen LogP contribution in [0.2, 0.25) is 0 Å². The Morgan fingerprint density at radius 1 is 1.26 bits per heavy atom. The second-order valence-electron chi connectivity index (χ2n) is 7.92. The van der Waals surface area contributed by atoms with Gasteiger partial charge in [-0.25, -0.2) is 0 Å². The number of carbonyl (C=O) groups excluding carboxylic acids is 4. The first-order valence-electron chi connectivity index (χ1n) is 10.5. The van der Waals surface area contributed by atoms with E-state index in [-0.39, 0.29) is 30.8 Å². The summed E-state index contributed by atoms with van der Waals surface area (Å²) in [6, 6.07) is 7.01. The van der Waals surface area contributed by atoms with Gasteiger partial charge in [0.25, 0.3) is 0 Å². The molecular weight excluding hydrogens is 400 g/mol. The first-order chi connectivity index (χ1) is 14.7. The van der Waals surface area contributed by atoms with Gasteiger partial charge >= 0.3 is 0 Å². The van der Waals surface area contributed by atoms with Gasteiger partial charge in [0.15, 0.2) is 0 Å². The predicted octanol–water partition coefficient (Wildman–Crippen LogP) is -0.321. The molecule has 2 rings (SSSR count). The Balaban J connectivity index is 2.29. The Labute approximate surface area is 182 Å². The SMILES string of the molecule is CNC(=O)CNC(=O)C(Cc1ccccc1)N(C)C(=O)[C@H]([C@@H](C)O)N1C(=O)CCC1C. The maximum absolute atomic E-state index is 13.4. The van der Waals surface area contributed by atoms with Crippen LogP contribution in [-0.2, 0) is 25.6 Å². The summed E-state index contributed by atoms with van der Waals surface area (Å²) < 4.78 is 0. The van der Waals surface area contributed by atoms with E-state index in [0.717, 1.165) is 5.56 Å². The summed E-state index contributed by atoms with van der Waals surface area (Å²) in [7, 11) is 2.95. The van der Waals surface area contributed by atoms with Crippen LogP contribution in [0.5, 0.6) is 0 Å². The third-order valence-electron chi connectivity index (χ3n) is 5.64. The standard InChI is InChI=1S/C22H32N4O5/c1-14-10-11-19(29)26(14)20(15(2)27)22(31)25(4)17(12-16-8-6-5-7-9-16)21(30)24-13-18(28)23-3/h5-9,14-15,17,20,27H,10-13H2,1-4H3,(H,23,28)(H,24,30)/t14?,15-,17?,20+/m1/s1. The Morgan fingerprint density at radius 3 is 2.42 bits per heavy atom. The van der Waals surface area contributed by atoms with Gasteiger partial charge in [-0.2, -0.15) is 0 Å². The zero-order valence-corrected chi connectivity index (χ0v) is 18.5. The zero-order valence-electron chi connectivity index (χ0n) is 18.5. The number of likely N-dealkylation sites (N-methyl/N-ethyl adjacent to an activating group) is 2. The van der Waals surface area contributed by atoms with E-state index in [9.17, 15) is 24.3 Å². The zero-order chi connectivity index (χ0) is 23.1. The fourth-order valence-electron chi connectivity index (χ4n) is 3.81. The van der Waals surface area contributed by atoms with E-state index in [1.165, 1.54) is 30.8 Å². The van der Waals surface area contributed by atoms with Gasteiger partial charge < -0.3 is 25.5 Å². The maximum atomic E-state index is 13.4. The number of amides is 4. The van der Waals surface area contributed by atoms with Crippen molar-refractivity contribution in [3.8, 4) is 0 Å². The molecule has 1 aromatic rings. The van der Waals surface area contributed by atoms with Crippen LogP contribution in [0, 0.1) is 0 Å². The smallest absolute Gasteiger partial charge is 0.248 e. The summed E-state index contributed by atoms with van der Waals surface area (Å²) in [6.45, 7) is 3.09. The van der Waals surface area contributed by atoms with Crippen molar-refractivity contribution in [2.24, 2.45) is 0 Å². The van der Waals surface area contributed by atoms with E-state index < -0.39 is 30.0 Å². The van der Waals surface area contributed by atoms with Crippen LogP contribution in [0.1, 0.15) is 32.3 Å². The highest BCUT2D eigenvalue weighted by Gasteiger charge is 2.43. The molecule has 4 amide bonds. The molecule has 0 bridgehead atoms. The van der Waals surface area contributed by atoms with Gasteiger partial charge in [0.1, 0.15) is 12.1 Å². The molecule has 0 spiro atoms. The van der Waals surface area contributed by atoms with Crippen molar-refractivity contribution < 1.29 is 24.3 Å². The Morgan fingerprint density at radius 2 is 1.90 bits per heavy atom. The highest BCUT2D eigenvalue weighted by molar-refractivity contribution is 5.94. The molecule has 0 radical (unpaired) electrons. The summed E-state index contributed by atoms with van der Waals surface area (Å²) in [5.74, 6) is -1.57. The van der Waals surface area contributed by atoms with Crippen molar-refractivity contribution in [3.05, 3.63) is 35.9 Å². The number of benzene rings is 1. The quantitative estimate of drug-likeness (QED) is 0.494. The van der Waals surface area contributed by atoms with Gasteiger partial charge in [-0.05, 0) is 25.8 Å². The average molecular weight is 433 g/mol.